The molecule has 0 spiro atoms. The minimum absolute atomic E-state index is 0.174. The summed E-state index contributed by atoms with van der Waals surface area (Å²) < 4.78 is 1.51. The molecule has 30 heavy (non-hydrogen) atoms. The summed E-state index contributed by atoms with van der Waals surface area (Å²) in [5.41, 5.74) is 3.01. The lowest BCUT2D eigenvalue weighted by Crippen LogP contribution is -2.23. The highest BCUT2D eigenvalue weighted by Gasteiger charge is 2.25. The quantitative estimate of drug-likeness (QED) is 0.478. The first-order valence-electron chi connectivity index (χ1n) is 9.84. The number of phenols is 1. The van der Waals surface area contributed by atoms with Crippen LogP contribution in [0.2, 0.25) is 0 Å². The highest BCUT2D eigenvalue weighted by atomic mass is 16.3. The molecule has 0 radical (unpaired) electrons. The largest absolute Gasteiger partial charge is 0.508 e. The van der Waals surface area contributed by atoms with Gasteiger partial charge in [-0.2, -0.15) is 0 Å². The number of aromatic amines is 1. The number of para-hydroxylation sites is 1. The zero-order valence-electron chi connectivity index (χ0n) is 16.8. The number of H-pyrrole nitrogens is 1. The van der Waals surface area contributed by atoms with Crippen molar-refractivity contribution in [1.29, 1.82) is 0 Å². The third-order valence-electron chi connectivity index (χ3n) is 5.27. The maximum absolute atomic E-state index is 12.8. The Morgan fingerprint density at radius 1 is 1.10 bits per heavy atom. The number of aromatic hydroxyl groups is 1. The van der Waals surface area contributed by atoms with Gasteiger partial charge in [0.15, 0.2) is 0 Å². The normalized spacial score (nSPS) is 12.1. The van der Waals surface area contributed by atoms with Crippen molar-refractivity contribution in [1.82, 2.24) is 14.9 Å². The van der Waals surface area contributed by atoms with Gasteiger partial charge in [-0.3, -0.25) is 9.59 Å². The van der Waals surface area contributed by atoms with E-state index in [-0.39, 0.29) is 23.1 Å². The first kappa shape index (κ1) is 19.5. The lowest BCUT2D eigenvalue weighted by molar-refractivity contribution is 0.0951. The van der Waals surface area contributed by atoms with Crippen LogP contribution in [0.3, 0.4) is 0 Å². The van der Waals surface area contributed by atoms with Crippen LogP contribution in [0.1, 0.15) is 40.0 Å². The lowest BCUT2D eigenvalue weighted by atomic mass is 9.84. The first-order valence-corrected chi connectivity index (χ1v) is 9.84. The van der Waals surface area contributed by atoms with Gasteiger partial charge in [0.25, 0.3) is 11.5 Å². The fourth-order valence-corrected chi connectivity index (χ4v) is 3.88. The van der Waals surface area contributed by atoms with Gasteiger partial charge in [-0.1, -0.05) is 48.5 Å². The van der Waals surface area contributed by atoms with E-state index in [9.17, 15) is 14.7 Å². The molecule has 4 rings (SSSR count). The molecule has 4 aromatic rings. The Morgan fingerprint density at radius 2 is 1.80 bits per heavy atom. The third-order valence-corrected chi connectivity index (χ3v) is 5.27. The van der Waals surface area contributed by atoms with E-state index in [0.29, 0.717) is 23.1 Å². The molecule has 2 aromatic carbocycles. The fraction of sp³-hybridized carbons (Fsp3) is 0.167. The molecule has 0 aliphatic heterocycles. The molecule has 6 heteroatoms. The number of rotatable bonds is 5. The Morgan fingerprint density at radius 3 is 2.50 bits per heavy atom. The standard InChI is InChI=1S/C24H23N3O3/c1-3-25-23(29)19-13-17-18(14-27(2)24(30)22(17)26-19)21(15-9-5-4-6-10-15)16-11-7-8-12-20(16)28/h4-14,21,26,28H,3H2,1-2H3,(H,25,29). The van der Waals surface area contributed by atoms with E-state index in [1.807, 2.05) is 49.4 Å². The number of amides is 1. The summed E-state index contributed by atoms with van der Waals surface area (Å²) in [6.07, 6.45) is 1.78. The van der Waals surface area contributed by atoms with Crippen molar-refractivity contribution in [3.63, 3.8) is 0 Å². The van der Waals surface area contributed by atoms with Crippen LogP contribution < -0.4 is 10.9 Å². The van der Waals surface area contributed by atoms with Crippen LogP contribution in [0.25, 0.3) is 10.9 Å². The maximum Gasteiger partial charge on any atom is 0.274 e. The van der Waals surface area contributed by atoms with Crippen molar-refractivity contribution in [3.8, 4) is 5.75 Å². The van der Waals surface area contributed by atoms with E-state index < -0.39 is 0 Å². The van der Waals surface area contributed by atoms with Crippen molar-refractivity contribution in [2.24, 2.45) is 7.05 Å². The van der Waals surface area contributed by atoms with Crippen molar-refractivity contribution >= 4 is 16.8 Å². The molecular formula is C24H23N3O3. The second kappa shape index (κ2) is 7.91. The summed E-state index contributed by atoms with van der Waals surface area (Å²) in [6.45, 7) is 2.33. The molecule has 0 bridgehead atoms. The molecular weight excluding hydrogens is 378 g/mol. The van der Waals surface area contributed by atoms with Gasteiger partial charge in [0.2, 0.25) is 0 Å². The smallest absolute Gasteiger partial charge is 0.274 e. The van der Waals surface area contributed by atoms with Crippen LogP contribution in [0, 0.1) is 0 Å². The first-order chi connectivity index (χ1) is 14.5. The maximum atomic E-state index is 12.8. The Labute approximate surface area is 173 Å². The summed E-state index contributed by atoms with van der Waals surface area (Å²) in [5.74, 6) is -0.409. The van der Waals surface area contributed by atoms with Crippen molar-refractivity contribution in [3.05, 3.63) is 99.6 Å². The Hall–Kier alpha value is -3.80. The molecule has 0 aliphatic rings. The monoisotopic (exact) mass is 401 g/mol. The van der Waals surface area contributed by atoms with Crippen LogP contribution in [0.15, 0.2) is 71.7 Å². The van der Waals surface area contributed by atoms with E-state index in [4.69, 9.17) is 0 Å². The highest BCUT2D eigenvalue weighted by molar-refractivity contribution is 5.99. The van der Waals surface area contributed by atoms with Gasteiger partial charge in [0, 0.05) is 36.7 Å². The molecule has 152 valence electrons. The second-order valence-corrected chi connectivity index (χ2v) is 7.23. The number of nitrogens with one attached hydrogen (secondary N) is 2. The molecule has 2 aromatic heterocycles. The van der Waals surface area contributed by atoms with Crippen molar-refractivity contribution in [2.45, 2.75) is 12.8 Å². The van der Waals surface area contributed by atoms with E-state index in [1.165, 1.54) is 4.57 Å². The van der Waals surface area contributed by atoms with Gasteiger partial charge in [-0.15, -0.1) is 0 Å². The van der Waals surface area contributed by atoms with Crippen molar-refractivity contribution in [2.75, 3.05) is 6.54 Å². The molecule has 0 saturated carbocycles. The second-order valence-electron chi connectivity index (χ2n) is 7.23. The molecule has 2 heterocycles. The average molecular weight is 401 g/mol. The molecule has 1 unspecified atom stereocenters. The molecule has 1 atom stereocenters. The molecule has 0 aliphatic carbocycles. The summed E-state index contributed by atoms with van der Waals surface area (Å²) in [5, 5.41) is 14.0. The van der Waals surface area contributed by atoms with Crippen LogP contribution in [-0.2, 0) is 7.05 Å². The fourth-order valence-electron chi connectivity index (χ4n) is 3.88. The number of fused-ring (bicyclic) bond motifs is 1. The summed E-state index contributed by atoms with van der Waals surface area (Å²) in [7, 11) is 1.69. The predicted molar refractivity (Wildman–Crippen MR) is 117 cm³/mol. The van der Waals surface area contributed by atoms with Gasteiger partial charge < -0.3 is 20.0 Å². The zero-order chi connectivity index (χ0) is 21.3. The van der Waals surface area contributed by atoms with E-state index >= 15 is 0 Å². The molecule has 0 saturated heterocycles. The molecule has 6 nitrogen and oxygen atoms in total. The molecule has 1 amide bonds. The van der Waals surface area contributed by atoms with Crippen LogP contribution in [0.5, 0.6) is 5.75 Å². The highest BCUT2D eigenvalue weighted by Crippen LogP contribution is 2.39. The number of hydrogen-bond donors (Lipinski definition) is 3. The topological polar surface area (TPSA) is 87.1 Å². The van der Waals surface area contributed by atoms with Crippen LogP contribution in [0.4, 0.5) is 0 Å². The van der Waals surface area contributed by atoms with E-state index in [0.717, 1.165) is 16.7 Å². The average Bonchev–Trinajstić information content (AvgIpc) is 3.20. The van der Waals surface area contributed by atoms with E-state index in [1.54, 1.807) is 31.4 Å². The number of pyridine rings is 1. The molecule has 0 fully saturated rings. The number of aryl methyl sites for hydroxylation is 1. The third kappa shape index (κ3) is 3.37. The number of aromatic nitrogens is 2. The van der Waals surface area contributed by atoms with Gasteiger partial charge >= 0.3 is 0 Å². The number of benzene rings is 2. The van der Waals surface area contributed by atoms with Gasteiger partial charge in [0.05, 0.1) is 0 Å². The minimum Gasteiger partial charge on any atom is -0.508 e. The number of carbonyl (C=O) groups excluding carboxylic acids is 1. The predicted octanol–water partition coefficient (Wildman–Crippen LogP) is 3.50. The van der Waals surface area contributed by atoms with Gasteiger partial charge in [0.1, 0.15) is 17.0 Å². The van der Waals surface area contributed by atoms with Crippen LogP contribution in [-0.4, -0.2) is 27.1 Å². The summed E-state index contributed by atoms with van der Waals surface area (Å²) in [6, 6.07) is 18.7. The van der Waals surface area contributed by atoms with E-state index in [2.05, 4.69) is 10.3 Å². The number of phenolic OH excluding ortho intramolecular Hbond substituents is 1. The number of carbonyl (C=O) groups is 1. The van der Waals surface area contributed by atoms with Crippen LogP contribution >= 0.6 is 0 Å². The SMILES string of the molecule is CCNC(=O)c1cc2c(C(c3ccccc3)c3ccccc3O)cn(C)c(=O)c2[nH]1. The summed E-state index contributed by atoms with van der Waals surface area (Å²) >= 11 is 0. The molecule has 3 N–H and O–H groups in total. The Bertz CT molecular complexity index is 1270. The summed E-state index contributed by atoms with van der Waals surface area (Å²) in [4.78, 5) is 28.2. The minimum atomic E-state index is -0.320. The number of nitrogens with zero attached hydrogens (tertiary/aromatic N) is 1. The van der Waals surface area contributed by atoms with Gasteiger partial charge in [-0.25, -0.2) is 0 Å². The number of hydrogen-bond acceptors (Lipinski definition) is 3. The lowest BCUT2D eigenvalue weighted by Gasteiger charge is -2.21. The zero-order valence-corrected chi connectivity index (χ0v) is 16.8. The van der Waals surface area contributed by atoms with Gasteiger partial charge in [-0.05, 0) is 30.2 Å². The Kier molecular flexibility index (Phi) is 5.14. The van der Waals surface area contributed by atoms with Crippen molar-refractivity contribution < 1.29 is 9.90 Å². The Balaban J connectivity index is 2.03.